The van der Waals surface area contributed by atoms with Crippen LogP contribution in [0.25, 0.3) is 10.9 Å². The standard InChI is InChI=1S/C29H36ClN3O5S/c1-37-20-8-9-23-21(18-20)27(22(30)19-31-23)24(34)10-11-29(28(35)32-36)12-15-33(16-13-29)14-5-17-39-26-7-4-3-6-25(26)38-2/h3-4,6-9,18-19,24,34,36H,5,10-17H2,1-2H3,(H,32,35)/t24-/m1/s1. The highest BCUT2D eigenvalue weighted by Gasteiger charge is 2.41. The number of rotatable bonds is 12. The fourth-order valence-electron chi connectivity index (χ4n) is 5.31. The maximum Gasteiger partial charge on any atom is 0.249 e. The third-order valence-electron chi connectivity index (χ3n) is 7.64. The number of ether oxygens (including phenoxy) is 2. The molecule has 4 rings (SSSR count). The minimum Gasteiger partial charge on any atom is -0.497 e. The molecule has 1 amide bonds. The predicted octanol–water partition coefficient (Wildman–Crippen LogP) is 5.49. The second-order valence-electron chi connectivity index (χ2n) is 9.87. The first-order valence-electron chi connectivity index (χ1n) is 13.1. The number of aliphatic hydroxyl groups is 1. The third kappa shape index (κ3) is 6.96. The van der Waals surface area contributed by atoms with Crippen molar-refractivity contribution >= 4 is 40.2 Å². The zero-order chi connectivity index (χ0) is 27.8. The number of likely N-dealkylation sites (tertiary alicyclic amines) is 1. The van der Waals surface area contributed by atoms with Gasteiger partial charge in [0.25, 0.3) is 0 Å². The second-order valence-corrected chi connectivity index (χ2v) is 11.4. The van der Waals surface area contributed by atoms with Gasteiger partial charge in [0.05, 0.1) is 36.3 Å². The first-order chi connectivity index (χ1) is 18.9. The lowest BCUT2D eigenvalue weighted by molar-refractivity contribution is -0.143. The minimum absolute atomic E-state index is 0.318. The van der Waals surface area contributed by atoms with E-state index < -0.39 is 17.4 Å². The number of carbonyl (C=O) groups is 1. The highest BCUT2D eigenvalue weighted by molar-refractivity contribution is 7.99. The lowest BCUT2D eigenvalue weighted by Gasteiger charge is -2.40. The van der Waals surface area contributed by atoms with Gasteiger partial charge in [-0.25, -0.2) is 5.48 Å². The van der Waals surface area contributed by atoms with Crippen molar-refractivity contribution in [3.8, 4) is 11.5 Å². The van der Waals surface area contributed by atoms with Crippen LogP contribution in [0.15, 0.2) is 53.6 Å². The van der Waals surface area contributed by atoms with Crippen molar-refractivity contribution < 1.29 is 24.6 Å². The van der Waals surface area contributed by atoms with Crippen molar-refractivity contribution in [1.82, 2.24) is 15.4 Å². The molecule has 0 saturated carbocycles. The van der Waals surface area contributed by atoms with Crippen molar-refractivity contribution in [1.29, 1.82) is 0 Å². The fraction of sp³-hybridized carbons (Fsp3) is 0.448. The van der Waals surface area contributed by atoms with E-state index in [0.29, 0.717) is 47.5 Å². The number of nitrogens with zero attached hydrogens (tertiary/aromatic N) is 2. The van der Waals surface area contributed by atoms with Gasteiger partial charge in [-0.05, 0) is 87.8 Å². The number of aromatic nitrogens is 1. The first-order valence-corrected chi connectivity index (χ1v) is 14.5. The number of para-hydroxylation sites is 1. The van der Waals surface area contributed by atoms with E-state index >= 15 is 0 Å². The number of methoxy groups -OCH3 is 2. The normalized spacial score (nSPS) is 16.1. The van der Waals surface area contributed by atoms with Crippen molar-refractivity contribution in [3.63, 3.8) is 0 Å². The van der Waals surface area contributed by atoms with E-state index in [4.69, 9.17) is 21.1 Å². The van der Waals surface area contributed by atoms with Gasteiger partial charge in [0.15, 0.2) is 0 Å². The lowest BCUT2D eigenvalue weighted by Crippen LogP contribution is -2.48. The number of hydrogen-bond donors (Lipinski definition) is 3. The van der Waals surface area contributed by atoms with E-state index in [1.165, 1.54) is 6.20 Å². The van der Waals surface area contributed by atoms with Crippen LogP contribution in [0.2, 0.25) is 5.02 Å². The molecule has 1 aromatic heterocycles. The number of piperidine rings is 1. The van der Waals surface area contributed by atoms with Gasteiger partial charge in [0.1, 0.15) is 11.5 Å². The molecule has 0 radical (unpaired) electrons. The Bertz CT molecular complexity index is 1270. The molecule has 1 saturated heterocycles. The number of fused-ring (bicyclic) bond motifs is 1. The third-order valence-corrected chi connectivity index (χ3v) is 9.08. The van der Waals surface area contributed by atoms with E-state index in [2.05, 4.69) is 16.0 Å². The zero-order valence-corrected chi connectivity index (χ0v) is 23.9. The molecule has 2 heterocycles. The summed E-state index contributed by atoms with van der Waals surface area (Å²) in [5, 5.41) is 21.8. The molecule has 0 bridgehead atoms. The van der Waals surface area contributed by atoms with Crippen LogP contribution in [0.3, 0.4) is 0 Å². The number of amides is 1. The monoisotopic (exact) mass is 573 g/mol. The zero-order valence-electron chi connectivity index (χ0n) is 22.4. The average Bonchev–Trinajstić information content (AvgIpc) is 2.98. The van der Waals surface area contributed by atoms with Crippen molar-refractivity contribution in [2.45, 2.75) is 43.1 Å². The van der Waals surface area contributed by atoms with Gasteiger partial charge in [0, 0.05) is 22.0 Å². The second kappa shape index (κ2) is 13.7. The number of hydroxylamine groups is 1. The van der Waals surface area contributed by atoms with Gasteiger partial charge in [-0.2, -0.15) is 0 Å². The molecular formula is C29H36ClN3O5S. The Morgan fingerprint density at radius 1 is 1.21 bits per heavy atom. The van der Waals surface area contributed by atoms with Crippen LogP contribution in [0.1, 0.15) is 43.8 Å². The van der Waals surface area contributed by atoms with Crippen LogP contribution in [0, 0.1) is 5.41 Å². The summed E-state index contributed by atoms with van der Waals surface area (Å²) in [6, 6.07) is 13.5. The molecule has 1 fully saturated rings. The summed E-state index contributed by atoms with van der Waals surface area (Å²) in [5.74, 6) is 2.11. The number of halogens is 1. The summed E-state index contributed by atoms with van der Waals surface area (Å²) in [4.78, 5) is 20.7. The smallest absolute Gasteiger partial charge is 0.249 e. The van der Waals surface area contributed by atoms with Crippen LogP contribution in [0.4, 0.5) is 0 Å². The molecule has 0 spiro atoms. The molecule has 3 N–H and O–H groups in total. The molecule has 2 aromatic carbocycles. The Morgan fingerprint density at radius 2 is 1.97 bits per heavy atom. The summed E-state index contributed by atoms with van der Waals surface area (Å²) in [7, 11) is 3.27. The predicted molar refractivity (Wildman–Crippen MR) is 154 cm³/mol. The Morgan fingerprint density at radius 3 is 2.69 bits per heavy atom. The number of aliphatic hydroxyl groups excluding tert-OH is 1. The van der Waals surface area contributed by atoms with E-state index in [9.17, 15) is 15.1 Å². The maximum atomic E-state index is 12.9. The van der Waals surface area contributed by atoms with Gasteiger partial charge in [-0.15, -0.1) is 11.8 Å². The average molecular weight is 574 g/mol. The SMILES string of the molecule is COc1ccc2ncc(Cl)c([C@H](O)CCC3(C(=O)NO)CCN(CCCSc4ccccc4OC)CC3)c2c1. The Kier molecular flexibility index (Phi) is 10.3. The molecule has 0 unspecified atom stereocenters. The van der Waals surface area contributed by atoms with Gasteiger partial charge in [-0.1, -0.05) is 23.7 Å². The molecule has 1 atom stereocenters. The Labute approximate surface area is 238 Å². The molecule has 10 heteroatoms. The molecule has 1 aliphatic heterocycles. The molecule has 210 valence electrons. The molecule has 0 aliphatic carbocycles. The highest BCUT2D eigenvalue weighted by atomic mass is 35.5. The Hall–Kier alpha value is -2.56. The summed E-state index contributed by atoms with van der Waals surface area (Å²) < 4.78 is 10.8. The van der Waals surface area contributed by atoms with E-state index in [0.717, 1.165) is 47.8 Å². The van der Waals surface area contributed by atoms with E-state index in [1.54, 1.807) is 26.0 Å². The number of thioether (sulfide) groups is 1. The first kappa shape index (κ1) is 29.4. The molecular weight excluding hydrogens is 538 g/mol. The Balaban J connectivity index is 1.35. The number of pyridine rings is 1. The quantitative estimate of drug-likeness (QED) is 0.113. The summed E-state index contributed by atoms with van der Waals surface area (Å²) in [6.45, 7) is 2.43. The van der Waals surface area contributed by atoms with E-state index in [-0.39, 0.29) is 0 Å². The molecule has 8 nitrogen and oxygen atoms in total. The van der Waals surface area contributed by atoms with Crippen LogP contribution in [-0.2, 0) is 4.79 Å². The van der Waals surface area contributed by atoms with Gasteiger partial charge in [0.2, 0.25) is 5.91 Å². The highest BCUT2D eigenvalue weighted by Crippen LogP contribution is 2.41. The lowest BCUT2D eigenvalue weighted by atomic mass is 9.73. The van der Waals surface area contributed by atoms with Crippen LogP contribution >= 0.6 is 23.4 Å². The topological polar surface area (TPSA) is 104 Å². The maximum absolute atomic E-state index is 12.9. The summed E-state index contributed by atoms with van der Waals surface area (Å²) in [5.41, 5.74) is 2.40. The van der Waals surface area contributed by atoms with Crippen molar-refractivity contribution in [2.75, 3.05) is 39.6 Å². The molecule has 3 aromatic rings. The van der Waals surface area contributed by atoms with Gasteiger partial charge >= 0.3 is 0 Å². The number of benzene rings is 2. The largest absolute Gasteiger partial charge is 0.497 e. The number of hydrogen-bond acceptors (Lipinski definition) is 8. The summed E-state index contributed by atoms with van der Waals surface area (Å²) in [6.07, 6.45) is 3.59. The number of nitrogens with one attached hydrogen (secondary N) is 1. The van der Waals surface area contributed by atoms with Crippen LogP contribution < -0.4 is 15.0 Å². The molecule has 1 aliphatic rings. The fourth-order valence-corrected chi connectivity index (χ4v) is 6.55. The van der Waals surface area contributed by atoms with Crippen LogP contribution in [0.5, 0.6) is 11.5 Å². The minimum atomic E-state index is -0.900. The number of carbonyl (C=O) groups excluding carboxylic acids is 1. The van der Waals surface area contributed by atoms with Gasteiger partial charge < -0.3 is 19.5 Å². The van der Waals surface area contributed by atoms with Gasteiger partial charge in [-0.3, -0.25) is 15.0 Å². The van der Waals surface area contributed by atoms with E-state index in [1.807, 2.05) is 41.9 Å². The molecule has 39 heavy (non-hydrogen) atoms. The van der Waals surface area contributed by atoms with Crippen LogP contribution in [-0.4, -0.2) is 65.7 Å². The van der Waals surface area contributed by atoms with Crippen molar-refractivity contribution in [3.05, 3.63) is 59.2 Å². The summed E-state index contributed by atoms with van der Waals surface area (Å²) >= 11 is 8.26. The van der Waals surface area contributed by atoms with Crippen molar-refractivity contribution in [2.24, 2.45) is 5.41 Å².